The van der Waals surface area contributed by atoms with Gasteiger partial charge in [0.15, 0.2) is 11.5 Å². The van der Waals surface area contributed by atoms with E-state index in [9.17, 15) is 18.0 Å². The van der Waals surface area contributed by atoms with Crippen molar-refractivity contribution in [3.05, 3.63) is 48.0 Å². The molecule has 1 N–H and O–H groups in total. The summed E-state index contributed by atoms with van der Waals surface area (Å²) < 4.78 is 51.1. The molecule has 0 radical (unpaired) electrons. The van der Waals surface area contributed by atoms with Crippen LogP contribution in [0.5, 0.6) is 17.2 Å². The number of rotatable bonds is 6. The lowest BCUT2D eigenvalue weighted by Crippen LogP contribution is -2.24. The van der Waals surface area contributed by atoms with Crippen LogP contribution in [0.15, 0.2) is 47.4 Å². The molecular formula is C18H16F3NO4S. The Morgan fingerprint density at radius 3 is 2.48 bits per heavy atom. The van der Waals surface area contributed by atoms with Crippen LogP contribution in [-0.2, 0) is 11.3 Å². The lowest BCUT2D eigenvalue weighted by atomic mass is 10.2. The summed E-state index contributed by atoms with van der Waals surface area (Å²) in [6, 6.07) is 10.8. The number of thioether (sulfide) groups is 1. The summed E-state index contributed by atoms with van der Waals surface area (Å²) in [5.41, 5.74) is 0.669. The SMILES string of the molecule is O=C(CSc1ccc2c(c1)OCCO2)NCc1ccc(OC(F)(F)F)cc1. The van der Waals surface area contributed by atoms with Gasteiger partial charge >= 0.3 is 6.36 Å². The van der Waals surface area contributed by atoms with Crippen LogP contribution in [0.4, 0.5) is 13.2 Å². The largest absolute Gasteiger partial charge is 0.573 e. The Morgan fingerprint density at radius 2 is 1.78 bits per heavy atom. The molecule has 1 heterocycles. The molecule has 0 saturated carbocycles. The van der Waals surface area contributed by atoms with Crippen LogP contribution in [0.1, 0.15) is 5.56 Å². The van der Waals surface area contributed by atoms with E-state index in [0.717, 1.165) is 4.90 Å². The summed E-state index contributed by atoms with van der Waals surface area (Å²) in [5.74, 6) is 1.06. The van der Waals surface area contributed by atoms with Gasteiger partial charge in [0, 0.05) is 11.4 Å². The van der Waals surface area contributed by atoms with Crippen LogP contribution in [0.3, 0.4) is 0 Å². The highest BCUT2D eigenvalue weighted by Crippen LogP contribution is 2.34. The van der Waals surface area contributed by atoms with Gasteiger partial charge in [-0.1, -0.05) is 12.1 Å². The van der Waals surface area contributed by atoms with Gasteiger partial charge in [-0.05, 0) is 35.9 Å². The average molecular weight is 399 g/mol. The summed E-state index contributed by atoms with van der Waals surface area (Å²) in [5, 5.41) is 2.72. The van der Waals surface area contributed by atoms with Crippen molar-refractivity contribution in [3.8, 4) is 17.2 Å². The third kappa shape index (κ3) is 5.99. The average Bonchev–Trinajstić information content (AvgIpc) is 2.64. The van der Waals surface area contributed by atoms with Crippen molar-refractivity contribution < 1.29 is 32.2 Å². The maximum Gasteiger partial charge on any atom is 0.573 e. The maximum absolute atomic E-state index is 12.1. The lowest BCUT2D eigenvalue weighted by Gasteiger charge is -2.18. The first-order chi connectivity index (χ1) is 12.9. The number of nitrogens with one attached hydrogen (secondary N) is 1. The zero-order chi connectivity index (χ0) is 19.3. The second-order valence-corrected chi connectivity index (χ2v) is 6.61. The molecule has 0 atom stereocenters. The molecule has 27 heavy (non-hydrogen) atoms. The third-order valence-electron chi connectivity index (χ3n) is 3.53. The normalized spacial score (nSPS) is 13.1. The Kier molecular flexibility index (Phi) is 6.00. The maximum atomic E-state index is 12.1. The first-order valence-corrected chi connectivity index (χ1v) is 9.01. The molecule has 0 spiro atoms. The lowest BCUT2D eigenvalue weighted by molar-refractivity contribution is -0.274. The van der Waals surface area contributed by atoms with Crippen LogP contribution in [0.25, 0.3) is 0 Å². The molecule has 2 aromatic carbocycles. The molecule has 0 fully saturated rings. The zero-order valence-electron chi connectivity index (χ0n) is 14.0. The quantitative estimate of drug-likeness (QED) is 0.750. The van der Waals surface area contributed by atoms with Gasteiger partial charge in [-0.2, -0.15) is 0 Å². The molecular weight excluding hydrogens is 383 g/mol. The number of hydrogen-bond acceptors (Lipinski definition) is 5. The molecule has 0 unspecified atom stereocenters. The topological polar surface area (TPSA) is 56.8 Å². The Bertz CT molecular complexity index is 796. The van der Waals surface area contributed by atoms with E-state index >= 15 is 0 Å². The monoisotopic (exact) mass is 399 g/mol. The van der Waals surface area contributed by atoms with Crippen molar-refractivity contribution in [2.24, 2.45) is 0 Å². The van der Waals surface area contributed by atoms with Gasteiger partial charge < -0.3 is 19.5 Å². The highest BCUT2D eigenvalue weighted by Gasteiger charge is 2.30. The number of carbonyl (C=O) groups excluding carboxylic acids is 1. The summed E-state index contributed by atoms with van der Waals surface area (Å²) in [6.07, 6.45) is -4.72. The molecule has 0 bridgehead atoms. The molecule has 9 heteroatoms. The van der Waals surface area contributed by atoms with Crippen molar-refractivity contribution in [2.75, 3.05) is 19.0 Å². The number of carbonyl (C=O) groups is 1. The summed E-state index contributed by atoms with van der Waals surface area (Å²) in [4.78, 5) is 12.8. The van der Waals surface area contributed by atoms with Crippen molar-refractivity contribution in [2.45, 2.75) is 17.8 Å². The van der Waals surface area contributed by atoms with Crippen molar-refractivity contribution in [1.29, 1.82) is 0 Å². The predicted molar refractivity (Wildman–Crippen MR) is 93.1 cm³/mol. The van der Waals surface area contributed by atoms with Gasteiger partial charge in [-0.25, -0.2) is 0 Å². The molecule has 3 rings (SSSR count). The molecule has 144 valence electrons. The van der Waals surface area contributed by atoms with E-state index in [1.165, 1.54) is 36.0 Å². The van der Waals surface area contributed by atoms with E-state index in [4.69, 9.17) is 9.47 Å². The molecule has 1 aliphatic heterocycles. The predicted octanol–water partition coefficient (Wildman–Crippen LogP) is 3.76. The number of ether oxygens (including phenoxy) is 3. The first kappa shape index (κ1) is 19.2. The second-order valence-electron chi connectivity index (χ2n) is 5.56. The molecule has 0 saturated heterocycles. The molecule has 0 aromatic heterocycles. The summed E-state index contributed by atoms with van der Waals surface area (Å²) in [6.45, 7) is 1.23. The number of halogens is 3. The minimum absolute atomic E-state index is 0.189. The fourth-order valence-electron chi connectivity index (χ4n) is 2.32. The molecule has 0 aliphatic carbocycles. The minimum atomic E-state index is -4.72. The number of alkyl halides is 3. The van der Waals surface area contributed by atoms with Gasteiger partial charge in [0.2, 0.25) is 5.91 Å². The molecule has 1 amide bonds. The van der Waals surface area contributed by atoms with Crippen LogP contribution in [0, 0.1) is 0 Å². The van der Waals surface area contributed by atoms with Crippen LogP contribution in [0.2, 0.25) is 0 Å². The smallest absolute Gasteiger partial charge is 0.486 e. The van der Waals surface area contributed by atoms with Gasteiger partial charge in [0.1, 0.15) is 19.0 Å². The molecule has 1 aliphatic rings. The zero-order valence-corrected chi connectivity index (χ0v) is 14.9. The van der Waals surface area contributed by atoms with E-state index in [1.807, 2.05) is 12.1 Å². The van der Waals surface area contributed by atoms with Crippen molar-refractivity contribution in [3.63, 3.8) is 0 Å². The second kappa shape index (κ2) is 8.43. The minimum Gasteiger partial charge on any atom is -0.486 e. The Labute approximate surface area is 157 Å². The highest BCUT2D eigenvalue weighted by molar-refractivity contribution is 8.00. The summed E-state index contributed by atoms with van der Waals surface area (Å²) >= 11 is 1.35. The number of amides is 1. The highest BCUT2D eigenvalue weighted by atomic mass is 32.2. The van der Waals surface area contributed by atoms with E-state index in [2.05, 4.69) is 10.1 Å². The molecule has 2 aromatic rings. The standard InChI is InChI=1S/C18H16F3NO4S/c19-18(20,21)26-13-3-1-12(2-4-13)10-22-17(23)11-27-14-5-6-15-16(9-14)25-8-7-24-15/h1-6,9H,7-8,10-11H2,(H,22,23). The number of fused-ring (bicyclic) bond motifs is 1. The van der Waals surface area contributed by atoms with Crippen LogP contribution in [-0.4, -0.2) is 31.2 Å². The number of hydrogen-bond donors (Lipinski definition) is 1. The Balaban J connectivity index is 1.44. The fraction of sp³-hybridized carbons (Fsp3) is 0.278. The third-order valence-corrected chi connectivity index (χ3v) is 4.52. The first-order valence-electron chi connectivity index (χ1n) is 8.03. The van der Waals surface area contributed by atoms with Crippen LogP contribution >= 0.6 is 11.8 Å². The van der Waals surface area contributed by atoms with Crippen LogP contribution < -0.4 is 19.5 Å². The van der Waals surface area contributed by atoms with E-state index in [-0.39, 0.29) is 24.0 Å². The van der Waals surface area contributed by atoms with Crippen molar-refractivity contribution >= 4 is 17.7 Å². The number of benzene rings is 2. The summed E-state index contributed by atoms with van der Waals surface area (Å²) in [7, 11) is 0. The Morgan fingerprint density at radius 1 is 1.07 bits per heavy atom. The van der Waals surface area contributed by atoms with Crippen molar-refractivity contribution in [1.82, 2.24) is 5.32 Å². The van der Waals surface area contributed by atoms with E-state index in [0.29, 0.717) is 30.3 Å². The van der Waals surface area contributed by atoms with Gasteiger partial charge in [0.05, 0.1) is 5.75 Å². The Hall–Kier alpha value is -2.55. The van der Waals surface area contributed by atoms with Gasteiger partial charge in [-0.15, -0.1) is 24.9 Å². The van der Waals surface area contributed by atoms with Gasteiger partial charge in [0.25, 0.3) is 0 Å². The van der Waals surface area contributed by atoms with E-state index in [1.54, 1.807) is 6.07 Å². The fourth-order valence-corrected chi connectivity index (χ4v) is 3.08. The molecule has 5 nitrogen and oxygen atoms in total. The van der Waals surface area contributed by atoms with E-state index < -0.39 is 6.36 Å². The van der Waals surface area contributed by atoms with Gasteiger partial charge in [-0.3, -0.25) is 4.79 Å².